The van der Waals surface area contributed by atoms with Crippen LogP contribution in [0.3, 0.4) is 0 Å². The van der Waals surface area contributed by atoms with Crippen molar-refractivity contribution >= 4 is 5.88 Å². The third-order valence-corrected chi connectivity index (χ3v) is 2.59. The highest BCUT2D eigenvalue weighted by Crippen LogP contribution is 2.33. The molecule has 0 aliphatic rings. The summed E-state index contributed by atoms with van der Waals surface area (Å²) in [5, 5.41) is 3.84. The van der Waals surface area contributed by atoms with Crippen LogP contribution in [0, 0.1) is 17.6 Å². The molecule has 0 aliphatic carbocycles. The van der Waals surface area contributed by atoms with Crippen molar-refractivity contribution in [1.82, 2.24) is 5.16 Å². The van der Waals surface area contributed by atoms with E-state index in [1.807, 2.05) is 13.8 Å². The fraction of sp³-hybridized carbons (Fsp3) is 0.308. The zero-order valence-electron chi connectivity index (χ0n) is 10.2. The Hall–Kier alpha value is -1.91. The van der Waals surface area contributed by atoms with Gasteiger partial charge in [0.25, 0.3) is 0 Å². The summed E-state index contributed by atoms with van der Waals surface area (Å²) >= 11 is 0. The maximum Gasteiger partial charge on any atom is 0.230 e. The molecule has 0 saturated heterocycles. The van der Waals surface area contributed by atoms with Crippen LogP contribution in [0.5, 0.6) is 0 Å². The van der Waals surface area contributed by atoms with Crippen molar-refractivity contribution in [1.29, 1.82) is 0 Å². The van der Waals surface area contributed by atoms with Crippen molar-refractivity contribution in [2.75, 3.05) is 5.73 Å². The molecule has 2 rings (SSSR count). The van der Waals surface area contributed by atoms with E-state index in [9.17, 15) is 8.78 Å². The maximum absolute atomic E-state index is 13.7. The van der Waals surface area contributed by atoms with E-state index in [0.717, 1.165) is 6.07 Å². The van der Waals surface area contributed by atoms with Crippen LogP contribution in [0.2, 0.25) is 0 Å². The predicted molar refractivity (Wildman–Crippen MR) is 64.8 cm³/mol. The summed E-state index contributed by atoms with van der Waals surface area (Å²) in [4.78, 5) is 0. The number of hydrogen-bond donors (Lipinski definition) is 1. The number of benzene rings is 1. The summed E-state index contributed by atoms with van der Waals surface area (Å²) in [5.74, 6) is -0.917. The molecule has 2 N–H and O–H groups in total. The van der Waals surface area contributed by atoms with Crippen LogP contribution in [0.25, 0.3) is 11.1 Å². The van der Waals surface area contributed by atoms with Gasteiger partial charge in [0.15, 0.2) is 0 Å². The van der Waals surface area contributed by atoms with Gasteiger partial charge in [-0.3, -0.25) is 0 Å². The number of hydrogen-bond acceptors (Lipinski definition) is 3. The molecule has 5 heteroatoms. The predicted octanol–water partition coefficient (Wildman–Crippen LogP) is 3.40. The number of rotatable bonds is 3. The van der Waals surface area contributed by atoms with Gasteiger partial charge in [0.1, 0.15) is 11.6 Å². The van der Waals surface area contributed by atoms with Gasteiger partial charge < -0.3 is 10.3 Å². The molecule has 1 aromatic carbocycles. The molecule has 1 heterocycles. The summed E-state index contributed by atoms with van der Waals surface area (Å²) in [7, 11) is 0. The molecular formula is C13H14F2N2O. The van der Waals surface area contributed by atoms with E-state index in [0.29, 0.717) is 23.6 Å². The van der Waals surface area contributed by atoms with Gasteiger partial charge in [-0.2, -0.15) is 0 Å². The van der Waals surface area contributed by atoms with Crippen LogP contribution in [-0.4, -0.2) is 5.16 Å². The molecule has 0 saturated carbocycles. The molecule has 96 valence electrons. The van der Waals surface area contributed by atoms with Gasteiger partial charge in [0.2, 0.25) is 5.88 Å². The highest BCUT2D eigenvalue weighted by atomic mass is 19.1. The number of nitrogens with zero attached hydrogens (tertiary/aromatic N) is 1. The Balaban J connectivity index is 2.52. The first-order valence-electron chi connectivity index (χ1n) is 5.68. The Bertz CT molecular complexity index is 564. The standard InChI is InChI=1S/C13H14F2N2O/c1-7(2)5-11-12(13(16)18-17-11)9-4-3-8(14)6-10(9)15/h3-4,6-7H,5,16H2,1-2H3. The lowest BCUT2D eigenvalue weighted by Crippen LogP contribution is -1.98. The van der Waals surface area contributed by atoms with Crippen LogP contribution in [0.4, 0.5) is 14.7 Å². The highest BCUT2D eigenvalue weighted by molar-refractivity contribution is 5.75. The van der Waals surface area contributed by atoms with Crippen molar-refractivity contribution < 1.29 is 13.3 Å². The number of nitrogen functional groups attached to an aromatic ring is 1. The molecule has 1 aromatic heterocycles. The first kappa shape index (κ1) is 12.5. The van der Waals surface area contributed by atoms with E-state index in [2.05, 4.69) is 5.16 Å². The van der Waals surface area contributed by atoms with Crippen LogP contribution in [0.1, 0.15) is 19.5 Å². The number of anilines is 1. The Kier molecular flexibility index (Phi) is 3.32. The van der Waals surface area contributed by atoms with Gasteiger partial charge in [-0.15, -0.1) is 0 Å². The SMILES string of the molecule is CC(C)Cc1noc(N)c1-c1ccc(F)cc1F. The van der Waals surface area contributed by atoms with E-state index in [1.165, 1.54) is 12.1 Å². The molecule has 0 spiro atoms. The lowest BCUT2D eigenvalue weighted by molar-refractivity contribution is 0.422. The third kappa shape index (κ3) is 2.34. The van der Waals surface area contributed by atoms with Crippen LogP contribution in [0.15, 0.2) is 22.7 Å². The summed E-state index contributed by atoms with van der Waals surface area (Å²) in [6, 6.07) is 3.35. The van der Waals surface area contributed by atoms with Crippen molar-refractivity contribution in [3.8, 4) is 11.1 Å². The Morgan fingerprint density at radius 1 is 1.33 bits per heavy atom. The van der Waals surface area contributed by atoms with Crippen molar-refractivity contribution in [2.45, 2.75) is 20.3 Å². The molecule has 0 fully saturated rings. The molecule has 2 aromatic rings. The zero-order chi connectivity index (χ0) is 13.3. The maximum atomic E-state index is 13.7. The van der Waals surface area contributed by atoms with Gasteiger partial charge >= 0.3 is 0 Å². The van der Waals surface area contributed by atoms with E-state index >= 15 is 0 Å². The fourth-order valence-electron chi connectivity index (χ4n) is 1.84. The lowest BCUT2D eigenvalue weighted by atomic mass is 9.99. The second kappa shape index (κ2) is 4.76. The smallest absolute Gasteiger partial charge is 0.230 e. The van der Waals surface area contributed by atoms with Crippen LogP contribution >= 0.6 is 0 Å². The van der Waals surface area contributed by atoms with Gasteiger partial charge in [-0.1, -0.05) is 19.0 Å². The normalized spacial score (nSPS) is 11.2. The van der Waals surface area contributed by atoms with Crippen LogP contribution in [-0.2, 0) is 6.42 Å². The largest absolute Gasteiger partial charge is 0.367 e. The minimum absolute atomic E-state index is 0.0520. The second-order valence-corrected chi connectivity index (χ2v) is 4.59. The molecule has 0 amide bonds. The van der Waals surface area contributed by atoms with E-state index in [1.54, 1.807) is 0 Å². The Morgan fingerprint density at radius 2 is 2.06 bits per heavy atom. The quantitative estimate of drug-likeness (QED) is 0.910. The zero-order valence-corrected chi connectivity index (χ0v) is 10.2. The molecule has 0 atom stereocenters. The van der Waals surface area contributed by atoms with Crippen molar-refractivity contribution in [3.63, 3.8) is 0 Å². The Labute approximate surface area is 104 Å². The first-order valence-corrected chi connectivity index (χ1v) is 5.68. The average molecular weight is 252 g/mol. The van der Waals surface area contributed by atoms with Gasteiger partial charge in [0.05, 0.1) is 11.3 Å². The monoisotopic (exact) mass is 252 g/mol. The molecule has 0 bridgehead atoms. The summed E-state index contributed by atoms with van der Waals surface area (Å²) < 4.78 is 31.5. The van der Waals surface area contributed by atoms with Gasteiger partial charge in [-0.05, 0) is 24.5 Å². The number of halogens is 2. The molecule has 0 aliphatic heterocycles. The average Bonchev–Trinajstić information content (AvgIpc) is 2.60. The fourth-order valence-corrected chi connectivity index (χ4v) is 1.84. The van der Waals surface area contributed by atoms with Gasteiger partial charge in [0, 0.05) is 11.6 Å². The first-order chi connectivity index (χ1) is 8.49. The topological polar surface area (TPSA) is 52.0 Å². The number of nitrogens with two attached hydrogens (primary N) is 1. The Morgan fingerprint density at radius 3 is 2.67 bits per heavy atom. The lowest BCUT2D eigenvalue weighted by Gasteiger charge is -2.06. The molecular weight excluding hydrogens is 238 g/mol. The van der Waals surface area contributed by atoms with Crippen molar-refractivity contribution in [3.05, 3.63) is 35.5 Å². The molecule has 18 heavy (non-hydrogen) atoms. The second-order valence-electron chi connectivity index (χ2n) is 4.59. The van der Waals surface area contributed by atoms with Crippen LogP contribution < -0.4 is 5.73 Å². The number of aromatic nitrogens is 1. The van der Waals surface area contributed by atoms with Gasteiger partial charge in [-0.25, -0.2) is 8.78 Å². The summed E-state index contributed by atoms with van der Waals surface area (Å²) in [5.41, 5.74) is 6.89. The van der Waals surface area contributed by atoms with E-state index in [4.69, 9.17) is 10.3 Å². The minimum Gasteiger partial charge on any atom is -0.367 e. The summed E-state index contributed by atoms with van der Waals surface area (Å²) in [6.45, 7) is 4.02. The van der Waals surface area contributed by atoms with Crippen molar-refractivity contribution in [2.24, 2.45) is 5.92 Å². The van der Waals surface area contributed by atoms with E-state index in [-0.39, 0.29) is 11.4 Å². The third-order valence-electron chi connectivity index (χ3n) is 2.59. The van der Waals surface area contributed by atoms with E-state index < -0.39 is 11.6 Å². The highest BCUT2D eigenvalue weighted by Gasteiger charge is 2.19. The molecule has 0 radical (unpaired) electrons. The molecule has 0 unspecified atom stereocenters. The minimum atomic E-state index is -0.671. The summed E-state index contributed by atoms with van der Waals surface area (Å²) in [6.07, 6.45) is 0.618. The molecule has 3 nitrogen and oxygen atoms in total.